The molecule has 0 saturated carbocycles. The number of carboxylic acid groups (broad SMARTS) is 1. The van der Waals surface area contributed by atoms with Crippen molar-refractivity contribution < 1.29 is 9.90 Å². The van der Waals surface area contributed by atoms with Gasteiger partial charge in [0, 0.05) is 11.2 Å². The first kappa shape index (κ1) is 14.2. The van der Waals surface area contributed by atoms with Crippen molar-refractivity contribution in [3.8, 4) is 0 Å². The second-order valence-electron chi connectivity index (χ2n) is 4.70. The van der Waals surface area contributed by atoms with Crippen molar-refractivity contribution in [3.63, 3.8) is 0 Å². The first-order valence-corrected chi connectivity index (χ1v) is 6.82. The van der Waals surface area contributed by atoms with Gasteiger partial charge in [-0.25, -0.2) is 9.78 Å². The van der Waals surface area contributed by atoms with Crippen molar-refractivity contribution >= 4 is 34.7 Å². The minimum absolute atomic E-state index is 0.136. The van der Waals surface area contributed by atoms with Gasteiger partial charge < -0.3 is 5.11 Å². The summed E-state index contributed by atoms with van der Waals surface area (Å²) in [7, 11) is 0. The molecule has 0 saturated heterocycles. The van der Waals surface area contributed by atoms with Crippen molar-refractivity contribution in [3.05, 3.63) is 58.9 Å². The molecule has 22 heavy (non-hydrogen) atoms. The van der Waals surface area contributed by atoms with E-state index in [2.05, 4.69) is 15.2 Å². The topological polar surface area (TPSA) is 79.3 Å². The van der Waals surface area contributed by atoms with Crippen LogP contribution in [0.4, 0.5) is 11.5 Å². The minimum atomic E-state index is -1.15. The Labute approximate surface area is 130 Å². The van der Waals surface area contributed by atoms with E-state index in [4.69, 9.17) is 11.6 Å². The number of benzene rings is 1. The second kappa shape index (κ2) is 5.57. The van der Waals surface area contributed by atoms with Crippen molar-refractivity contribution in [2.75, 3.05) is 0 Å². The third kappa shape index (κ3) is 2.68. The van der Waals surface area contributed by atoms with Gasteiger partial charge in [-0.3, -0.25) is 4.40 Å². The Kier molecular flexibility index (Phi) is 3.60. The van der Waals surface area contributed by atoms with E-state index < -0.39 is 5.97 Å². The van der Waals surface area contributed by atoms with E-state index in [0.717, 1.165) is 5.56 Å². The maximum absolute atomic E-state index is 11.3. The highest BCUT2D eigenvalue weighted by Crippen LogP contribution is 2.25. The number of halogens is 1. The van der Waals surface area contributed by atoms with Crippen LogP contribution < -0.4 is 0 Å². The number of aryl methyl sites for hydroxylation is 1. The highest BCUT2D eigenvalue weighted by atomic mass is 35.5. The molecule has 0 spiro atoms. The van der Waals surface area contributed by atoms with Crippen LogP contribution in [-0.4, -0.2) is 20.5 Å². The van der Waals surface area contributed by atoms with Gasteiger partial charge in [0.25, 0.3) is 0 Å². The Morgan fingerprint density at radius 1 is 1.23 bits per heavy atom. The highest BCUT2D eigenvalue weighted by Gasteiger charge is 2.18. The van der Waals surface area contributed by atoms with Crippen LogP contribution in [-0.2, 0) is 0 Å². The molecule has 0 radical (unpaired) electrons. The summed E-state index contributed by atoms with van der Waals surface area (Å²) in [6.45, 7) is 1.91. The SMILES string of the molecule is Cc1ccn2c(N=Nc3ccc(Cl)cc3)c(C(=O)O)nc2c1. The predicted molar refractivity (Wildman–Crippen MR) is 82.5 cm³/mol. The third-order valence-corrected chi connectivity index (χ3v) is 3.30. The molecule has 3 aromatic rings. The molecule has 0 atom stereocenters. The molecule has 0 fully saturated rings. The molecular weight excluding hydrogens is 304 g/mol. The van der Waals surface area contributed by atoms with E-state index in [9.17, 15) is 9.90 Å². The van der Waals surface area contributed by atoms with Crippen LogP contribution in [0.5, 0.6) is 0 Å². The van der Waals surface area contributed by atoms with Gasteiger partial charge in [0.1, 0.15) is 5.65 Å². The maximum atomic E-state index is 11.3. The number of pyridine rings is 1. The lowest BCUT2D eigenvalue weighted by molar-refractivity contribution is 0.0692. The van der Waals surface area contributed by atoms with E-state index in [1.54, 1.807) is 40.9 Å². The lowest BCUT2D eigenvalue weighted by Crippen LogP contribution is -1.96. The Hall–Kier alpha value is -2.73. The molecular formula is C15H11ClN4O2. The number of fused-ring (bicyclic) bond motifs is 1. The number of imidazole rings is 1. The standard InChI is InChI=1S/C15H11ClN4O2/c1-9-6-7-20-12(8-9)17-13(15(21)22)14(20)19-18-11-4-2-10(16)3-5-11/h2-8H,1H3,(H,21,22). The first-order valence-electron chi connectivity index (χ1n) is 6.44. The highest BCUT2D eigenvalue weighted by molar-refractivity contribution is 6.30. The average molecular weight is 315 g/mol. The van der Waals surface area contributed by atoms with Gasteiger partial charge >= 0.3 is 5.97 Å². The van der Waals surface area contributed by atoms with Gasteiger partial charge in [-0.05, 0) is 48.9 Å². The molecule has 2 heterocycles. The Bertz CT molecular complexity index is 884. The fraction of sp³-hybridized carbons (Fsp3) is 0.0667. The van der Waals surface area contributed by atoms with Crippen molar-refractivity contribution in [2.45, 2.75) is 6.92 Å². The van der Waals surface area contributed by atoms with Gasteiger partial charge in [0.15, 0.2) is 11.5 Å². The molecule has 3 rings (SSSR count). The fourth-order valence-corrected chi connectivity index (χ4v) is 2.11. The quantitative estimate of drug-likeness (QED) is 0.727. The lowest BCUT2D eigenvalue weighted by atomic mass is 10.3. The summed E-state index contributed by atoms with van der Waals surface area (Å²) in [4.78, 5) is 15.4. The summed E-state index contributed by atoms with van der Waals surface area (Å²) in [5, 5.41) is 18.0. The summed E-state index contributed by atoms with van der Waals surface area (Å²) in [5.74, 6) is -0.969. The largest absolute Gasteiger partial charge is 0.476 e. The summed E-state index contributed by atoms with van der Waals surface area (Å²) in [6, 6.07) is 10.4. The Morgan fingerprint density at radius 2 is 1.95 bits per heavy atom. The molecule has 0 unspecified atom stereocenters. The molecule has 110 valence electrons. The first-order chi connectivity index (χ1) is 10.5. The number of aromatic nitrogens is 2. The van der Waals surface area contributed by atoms with Crippen LogP contribution in [0.2, 0.25) is 5.02 Å². The molecule has 1 N–H and O–H groups in total. The molecule has 0 aliphatic carbocycles. The molecule has 0 amide bonds. The molecule has 2 aromatic heterocycles. The van der Waals surface area contributed by atoms with Gasteiger partial charge in [0.05, 0.1) is 5.69 Å². The summed E-state index contributed by atoms with van der Waals surface area (Å²) >= 11 is 5.81. The minimum Gasteiger partial charge on any atom is -0.476 e. The van der Waals surface area contributed by atoms with Crippen LogP contribution in [0.25, 0.3) is 5.65 Å². The number of nitrogens with zero attached hydrogens (tertiary/aromatic N) is 4. The van der Waals surface area contributed by atoms with Gasteiger partial charge in [-0.2, -0.15) is 0 Å². The van der Waals surface area contributed by atoms with E-state index >= 15 is 0 Å². The summed E-state index contributed by atoms with van der Waals surface area (Å²) < 4.78 is 1.59. The Balaban J connectivity index is 2.10. The van der Waals surface area contributed by atoms with Crippen LogP contribution in [0.15, 0.2) is 52.8 Å². The Morgan fingerprint density at radius 3 is 2.64 bits per heavy atom. The monoisotopic (exact) mass is 314 g/mol. The number of azo groups is 1. The zero-order valence-electron chi connectivity index (χ0n) is 11.6. The van der Waals surface area contributed by atoms with Gasteiger partial charge in [0.2, 0.25) is 0 Å². The molecule has 7 heteroatoms. The molecule has 0 aliphatic heterocycles. The third-order valence-electron chi connectivity index (χ3n) is 3.05. The zero-order chi connectivity index (χ0) is 15.7. The zero-order valence-corrected chi connectivity index (χ0v) is 12.3. The average Bonchev–Trinajstić information content (AvgIpc) is 2.84. The van der Waals surface area contributed by atoms with E-state index in [-0.39, 0.29) is 11.5 Å². The van der Waals surface area contributed by atoms with Crippen LogP contribution >= 0.6 is 11.6 Å². The van der Waals surface area contributed by atoms with Crippen LogP contribution in [0, 0.1) is 6.92 Å². The smallest absolute Gasteiger partial charge is 0.358 e. The molecule has 0 bridgehead atoms. The number of hydrogen-bond donors (Lipinski definition) is 1. The second-order valence-corrected chi connectivity index (χ2v) is 5.13. The molecule has 1 aromatic carbocycles. The number of hydrogen-bond acceptors (Lipinski definition) is 4. The normalized spacial score (nSPS) is 11.4. The summed E-state index contributed by atoms with van der Waals surface area (Å²) in [6.07, 6.45) is 1.72. The fourth-order valence-electron chi connectivity index (χ4n) is 1.99. The number of aromatic carboxylic acids is 1. The van der Waals surface area contributed by atoms with Crippen molar-refractivity contribution in [2.24, 2.45) is 10.2 Å². The van der Waals surface area contributed by atoms with Crippen LogP contribution in [0.1, 0.15) is 16.1 Å². The van der Waals surface area contributed by atoms with Crippen LogP contribution in [0.3, 0.4) is 0 Å². The number of rotatable bonds is 3. The molecule has 0 aliphatic rings. The van der Waals surface area contributed by atoms with Gasteiger partial charge in [-0.1, -0.05) is 11.6 Å². The van der Waals surface area contributed by atoms with E-state index in [1.165, 1.54) is 0 Å². The van der Waals surface area contributed by atoms with Crippen molar-refractivity contribution in [1.29, 1.82) is 0 Å². The number of carboxylic acids is 1. The predicted octanol–water partition coefficient (Wildman–Crippen LogP) is 4.41. The van der Waals surface area contributed by atoms with E-state index in [0.29, 0.717) is 16.4 Å². The molecule has 6 nitrogen and oxygen atoms in total. The van der Waals surface area contributed by atoms with Gasteiger partial charge in [-0.15, -0.1) is 10.2 Å². The maximum Gasteiger partial charge on any atom is 0.358 e. The van der Waals surface area contributed by atoms with Crippen molar-refractivity contribution in [1.82, 2.24) is 9.38 Å². The summed E-state index contributed by atoms with van der Waals surface area (Å²) in [5.41, 5.74) is 1.93. The lowest BCUT2D eigenvalue weighted by Gasteiger charge is -1.97. The number of carbonyl (C=O) groups is 1. The van der Waals surface area contributed by atoms with E-state index in [1.807, 2.05) is 13.0 Å².